The van der Waals surface area contributed by atoms with Crippen molar-refractivity contribution in [2.45, 2.75) is 13.2 Å². The molecule has 0 heterocycles. The molecule has 0 aliphatic carbocycles. The maximum Gasteiger partial charge on any atom is 0.338 e. The number of hydrogen-bond donors (Lipinski definition) is 1. The Balaban J connectivity index is 0.000000206. The highest BCUT2D eigenvalue weighted by molar-refractivity contribution is 5.88. The second-order valence-electron chi connectivity index (χ2n) is 7.54. The van der Waals surface area contributed by atoms with Crippen LogP contribution in [0.5, 0.6) is 11.5 Å². The molecule has 4 aromatic rings. The summed E-state index contributed by atoms with van der Waals surface area (Å²) >= 11 is 0. The van der Waals surface area contributed by atoms with Gasteiger partial charge >= 0.3 is 5.97 Å². The molecule has 1 N–H and O–H groups in total. The Hall–Kier alpha value is -4.84. The number of halogens is 4. The SMILES string of the molecule is N#Cc1ccc(OCc2cccc(F)c2)cc1F.O=C(O)c1ccc(OCc2cccc(F)c2)cc1F. The van der Waals surface area contributed by atoms with Crippen LogP contribution in [0.15, 0.2) is 84.9 Å². The smallest absolute Gasteiger partial charge is 0.338 e. The summed E-state index contributed by atoms with van der Waals surface area (Å²) in [5.74, 6) is -3.08. The number of carbonyl (C=O) groups is 1. The fourth-order valence-corrected chi connectivity index (χ4v) is 3.02. The fraction of sp³-hybridized carbons (Fsp3) is 0.0714. The van der Waals surface area contributed by atoms with E-state index in [2.05, 4.69) is 0 Å². The molecule has 0 saturated heterocycles. The minimum Gasteiger partial charge on any atom is -0.489 e. The molecule has 0 atom stereocenters. The fourth-order valence-electron chi connectivity index (χ4n) is 3.02. The second kappa shape index (κ2) is 12.7. The molecule has 0 radical (unpaired) electrons. The van der Waals surface area contributed by atoms with Crippen LogP contribution in [0.25, 0.3) is 0 Å². The number of aromatic carboxylic acids is 1. The molecule has 0 aliphatic heterocycles. The lowest BCUT2D eigenvalue weighted by molar-refractivity contribution is 0.0691. The zero-order valence-electron chi connectivity index (χ0n) is 19.1. The number of nitrogens with zero attached hydrogens (tertiary/aromatic N) is 1. The van der Waals surface area contributed by atoms with E-state index in [0.29, 0.717) is 16.9 Å². The van der Waals surface area contributed by atoms with Gasteiger partial charge in [0.05, 0.1) is 11.1 Å². The van der Waals surface area contributed by atoms with Gasteiger partial charge in [-0.1, -0.05) is 24.3 Å². The molecule has 5 nitrogen and oxygen atoms in total. The van der Waals surface area contributed by atoms with Crippen molar-refractivity contribution in [2.75, 3.05) is 0 Å². The number of hydrogen-bond acceptors (Lipinski definition) is 4. The van der Waals surface area contributed by atoms with Gasteiger partial charge in [0.25, 0.3) is 0 Å². The van der Waals surface area contributed by atoms with Crippen molar-refractivity contribution in [3.8, 4) is 17.6 Å². The molecule has 0 saturated carbocycles. The van der Waals surface area contributed by atoms with Gasteiger partial charge in [0, 0.05) is 12.1 Å². The summed E-state index contributed by atoms with van der Waals surface area (Å²) in [6, 6.07) is 21.0. The highest BCUT2D eigenvalue weighted by Crippen LogP contribution is 2.19. The summed E-state index contributed by atoms with van der Waals surface area (Å²) in [4.78, 5) is 10.6. The van der Waals surface area contributed by atoms with Crippen LogP contribution in [-0.2, 0) is 13.2 Å². The summed E-state index contributed by atoms with van der Waals surface area (Å²) in [7, 11) is 0. The number of nitriles is 1. The maximum absolute atomic E-state index is 13.4. The van der Waals surface area contributed by atoms with Gasteiger partial charge in [-0.2, -0.15) is 5.26 Å². The van der Waals surface area contributed by atoms with Crippen LogP contribution in [0.3, 0.4) is 0 Å². The molecule has 9 heteroatoms. The maximum atomic E-state index is 13.4. The summed E-state index contributed by atoms with van der Waals surface area (Å²) in [5, 5.41) is 17.2. The van der Waals surface area contributed by atoms with Crippen LogP contribution in [0.4, 0.5) is 17.6 Å². The van der Waals surface area contributed by atoms with Gasteiger partial charge < -0.3 is 14.6 Å². The van der Waals surface area contributed by atoms with Crippen molar-refractivity contribution in [2.24, 2.45) is 0 Å². The normalized spacial score (nSPS) is 10.0. The van der Waals surface area contributed by atoms with E-state index in [1.54, 1.807) is 30.3 Å². The molecule has 0 aliphatic rings. The van der Waals surface area contributed by atoms with Gasteiger partial charge in [0.1, 0.15) is 54.1 Å². The minimum absolute atomic E-state index is 0.0342. The molecule has 4 rings (SSSR count). The first kappa shape index (κ1) is 26.8. The first-order chi connectivity index (χ1) is 17.7. The van der Waals surface area contributed by atoms with E-state index in [9.17, 15) is 22.4 Å². The average Bonchev–Trinajstić information content (AvgIpc) is 2.87. The molecule has 37 heavy (non-hydrogen) atoms. The summed E-state index contributed by atoms with van der Waals surface area (Å²) in [6.07, 6.45) is 0. The van der Waals surface area contributed by atoms with Crippen molar-refractivity contribution in [3.05, 3.63) is 130 Å². The minimum atomic E-state index is -1.34. The summed E-state index contributed by atoms with van der Waals surface area (Å²) in [6.45, 7) is 0.215. The number of rotatable bonds is 7. The van der Waals surface area contributed by atoms with Gasteiger partial charge in [-0.05, 0) is 59.7 Å². The lowest BCUT2D eigenvalue weighted by Crippen LogP contribution is -2.02. The molecule has 0 aromatic heterocycles. The lowest BCUT2D eigenvalue weighted by Gasteiger charge is -2.07. The molecule has 0 amide bonds. The molecule has 4 aromatic carbocycles. The van der Waals surface area contributed by atoms with E-state index in [4.69, 9.17) is 19.8 Å². The van der Waals surface area contributed by atoms with Crippen LogP contribution in [-0.4, -0.2) is 11.1 Å². The highest BCUT2D eigenvalue weighted by atomic mass is 19.1. The zero-order chi connectivity index (χ0) is 26.8. The topological polar surface area (TPSA) is 79.5 Å². The number of carboxylic acids is 1. The van der Waals surface area contributed by atoms with Crippen molar-refractivity contribution >= 4 is 5.97 Å². The number of carboxylic acid groups (broad SMARTS) is 1. The van der Waals surface area contributed by atoms with E-state index in [1.165, 1.54) is 42.5 Å². The van der Waals surface area contributed by atoms with Crippen molar-refractivity contribution in [1.29, 1.82) is 5.26 Å². The predicted molar refractivity (Wildman–Crippen MR) is 126 cm³/mol. The Morgan fingerprint density at radius 3 is 1.68 bits per heavy atom. The third-order valence-corrected chi connectivity index (χ3v) is 4.82. The van der Waals surface area contributed by atoms with E-state index in [-0.39, 0.29) is 36.2 Å². The van der Waals surface area contributed by atoms with E-state index in [0.717, 1.165) is 18.2 Å². The lowest BCUT2D eigenvalue weighted by atomic mass is 10.2. The van der Waals surface area contributed by atoms with Gasteiger partial charge in [-0.3, -0.25) is 0 Å². The molecule has 188 valence electrons. The first-order valence-electron chi connectivity index (χ1n) is 10.7. The van der Waals surface area contributed by atoms with Crippen molar-refractivity contribution in [3.63, 3.8) is 0 Å². The van der Waals surface area contributed by atoms with Crippen LogP contribution in [0, 0.1) is 34.6 Å². The van der Waals surface area contributed by atoms with E-state index >= 15 is 0 Å². The van der Waals surface area contributed by atoms with Crippen LogP contribution in [0.2, 0.25) is 0 Å². The molecule has 0 bridgehead atoms. The second-order valence-corrected chi connectivity index (χ2v) is 7.54. The van der Waals surface area contributed by atoms with Crippen LogP contribution < -0.4 is 9.47 Å². The van der Waals surface area contributed by atoms with E-state index in [1.807, 2.05) is 0 Å². The molecular formula is C28H19F4NO4. The standard InChI is InChI=1S/C14H9F2NO.C14H10F2O3/c15-12-3-1-2-10(6-12)9-18-13-5-4-11(8-17)14(16)7-13;15-10-3-1-2-9(6-10)8-19-11-4-5-12(14(17)18)13(16)7-11/h1-7H,9H2;1-7H,8H2,(H,17,18). The highest BCUT2D eigenvalue weighted by Gasteiger charge is 2.11. The Morgan fingerprint density at radius 2 is 1.24 bits per heavy atom. The monoisotopic (exact) mass is 509 g/mol. The Kier molecular flexibility index (Phi) is 9.22. The number of benzene rings is 4. The van der Waals surface area contributed by atoms with Crippen LogP contribution in [0.1, 0.15) is 27.0 Å². The molecular weight excluding hydrogens is 490 g/mol. The Bertz CT molecular complexity index is 1440. The van der Waals surface area contributed by atoms with E-state index < -0.39 is 23.2 Å². The summed E-state index contributed by atoms with van der Waals surface area (Å²) < 4.78 is 63.0. The summed E-state index contributed by atoms with van der Waals surface area (Å²) in [5.41, 5.74) is 0.800. The first-order valence-corrected chi connectivity index (χ1v) is 10.7. The van der Waals surface area contributed by atoms with Crippen molar-refractivity contribution < 1.29 is 36.9 Å². The van der Waals surface area contributed by atoms with Crippen LogP contribution >= 0.6 is 0 Å². The predicted octanol–water partition coefficient (Wildman–Crippen LogP) is 6.66. The van der Waals surface area contributed by atoms with Gasteiger partial charge in [-0.25, -0.2) is 22.4 Å². The van der Waals surface area contributed by atoms with Gasteiger partial charge in [-0.15, -0.1) is 0 Å². The third-order valence-electron chi connectivity index (χ3n) is 4.82. The zero-order valence-corrected chi connectivity index (χ0v) is 19.1. The number of ether oxygens (including phenoxy) is 2. The van der Waals surface area contributed by atoms with Gasteiger partial charge in [0.2, 0.25) is 0 Å². The Labute approximate surface area is 209 Å². The molecule has 0 unspecified atom stereocenters. The van der Waals surface area contributed by atoms with Crippen molar-refractivity contribution in [1.82, 2.24) is 0 Å². The quantitative estimate of drug-likeness (QED) is 0.282. The molecule has 0 spiro atoms. The largest absolute Gasteiger partial charge is 0.489 e. The molecule has 0 fully saturated rings. The average molecular weight is 509 g/mol. The van der Waals surface area contributed by atoms with Gasteiger partial charge in [0.15, 0.2) is 0 Å². The third kappa shape index (κ3) is 8.11. The Morgan fingerprint density at radius 1 is 0.730 bits per heavy atom.